The predicted octanol–water partition coefficient (Wildman–Crippen LogP) is 3.50. The third kappa shape index (κ3) is 1.41. The summed E-state index contributed by atoms with van der Waals surface area (Å²) in [5.74, 6) is 0.523. The summed E-state index contributed by atoms with van der Waals surface area (Å²) >= 11 is 0. The summed E-state index contributed by atoms with van der Waals surface area (Å²) in [6.45, 7) is 3.17. The Morgan fingerprint density at radius 3 is 3.06 bits per heavy atom. The highest BCUT2D eigenvalue weighted by Gasteiger charge is 2.31. The van der Waals surface area contributed by atoms with Crippen molar-refractivity contribution in [2.75, 3.05) is 6.54 Å². The van der Waals surface area contributed by atoms with Crippen LogP contribution in [0.5, 0.6) is 0 Å². The van der Waals surface area contributed by atoms with E-state index in [1.54, 1.807) is 0 Å². The minimum Gasteiger partial charge on any atom is -0.288 e. The zero-order valence-electron chi connectivity index (χ0n) is 9.61. The van der Waals surface area contributed by atoms with Gasteiger partial charge in [-0.1, -0.05) is 31.5 Å². The van der Waals surface area contributed by atoms with Crippen LogP contribution in [0.1, 0.15) is 37.7 Å². The Morgan fingerprint density at radius 2 is 2.19 bits per heavy atom. The normalized spacial score (nSPS) is 22.2. The molecule has 82 valence electrons. The Morgan fingerprint density at radius 1 is 1.31 bits per heavy atom. The van der Waals surface area contributed by atoms with Crippen molar-refractivity contribution in [3.8, 4) is 0 Å². The minimum atomic E-state index is 0.523. The molecule has 0 aliphatic carbocycles. The van der Waals surface area contributed by atoms with E-state index < -0.39 is 0 Å². The molecule has 0 saturated carbocycles. The van der Waals surface area contributed by atoms with E-state index in [9.17, 15) is 0 Å². The first-order valence-corrected chi connectivity index (χ1v) is 6.11. The molecule has 0 aromatic heterocycles. The van der Waals surface area contributed by atoms with E-state index in [0.717, 1.165) is 31.5 Å². The van der Waals surface area contributed by atoms with Crippen LogP contribution in [-0.2, 0) is 0 Å². The van der Waals surface area contributed by atoms with Crippen molar-refractivity contribution in [3.63, 3.8) is 0 Å². The van der Waals surface area contributed by atoms with Gasteiger partial charge in [0, 0.05) is 12.5 Å². The van der Waals surface area contributed by atoms with Gasteiger partial charge in [0.1, 0.15) is 0 Å². The van der Waals surface area contributed by atoms with Gasteiger partial charge in [-0.25, -0.2) is 0 Å². The van der Waals surface area contributed by atoms with Crippen molar-refractivity contribution in [2.24, 2.45) is 9.98 Å². The number of hydrogen-bond acceptors (Lipinski definition) is 2. The van der Waals surface area contributed by atoms with Crippen molar-refractivity contribution < 1.29 is 0 Å². The molecule has 1 atom stereocenters. The van der Waals surface area contributed by atoms with Crippen LogP contribution in [0, 0.1) is 0 Å². The number of rotatable bonds is 2. The number of aliphatic imine (C=N–C) groups is 2. The molecule has 2 aliphatic heterocycles. The molecule has 1 unspecified atom stereocenters. The molecule has 1 aromatic rings. The van der Waals surface area contributed by atoms with Gasteiger partial charge in [0.2, 0.25) is 0 Å². The van der Waals surface area contributed by atoms with E-state index in [2.05, 4.69) is 36.2 Å². The second-order valence-electron chi connectivity index (χ2n) is 4.48. The number of benzene rings is 1. The molecule has 0 amide bonds. The standard InChI is InChI=1S/C14H16N2/c1-2-5-13-14-11(8-9-15-13)10-6-3-4-7-12(10)16-14/h3-4,6-7,11H,2,5,8-9H2,1H3. The fourth-order valence-corrected chi connectivity index (χ4v) is 2.65. The number of para-hydroxylation sites is 1. The average molecular weight is 212 g/mol. The molecule has 0 fully saturated rings. The van der Waals surface area contributed by atoms with Gasteiger partial charge in [-0.3, -0.25) is 9.98 Å². The summed E-state index contributed by atoms with van der Waals surface area (Å²) in [6, 6.07) is 8.51. The summed E-state index contributed by atoms with van der Waals surface area (Å²) in [5.41, 5.74) is 5.05. The lowest BCUT2D eigenvalue weighted by Gasteiger charge is -2.20. The second-order valence-corrected chi connectivity index (χ2v) is 4.48. The summed E-state index contributed by atoms with van der Waals surface area (Å²) in [7, 11) is 0. The monoisotopic (exact) mass is 212 g/mol. The van der Waals surface area contributed by atoms with Crippen molar-refractivity contribution in [2.45, 2.75) is 32.1 Å². The summed E-state index contributed by atoms with van der Waals surface area (Å²) < 4.78 is 0. The first-order chi connectivity index (χ1) is 7.90. The molecule has 2 heteroatoms. The summed E-state index contributed by atoms with van der Waals surface area (Å²) in [4.78, 5) is 9.39. The van der Waals surface area contributed by atoms with Crippen LogP contribution in [0.2, 0.25) is 0 Å². The van der Waals surface area contributed by atoms with E-state index in [1.165, 1.54) is 17.0 Å². The lowest BCUT2D eigenvalue weighted by Crippen LogP contribution is -2.25. The topological polar surface area (TPSA) is 24.7 Å². The minimum absolute atomic E-state index is 0.523. The van der Waals surface area contributed by atoms with Crippen LogP contribution >= 0.6 is 0 Å². The fourth-order valence-electron chi connectivity index (χ4n) is 2.65. The first kappa shape index (κ1) is 9.76. The first-order valence-electron chi connectivity index (χ1n) is 6.11. The lowest BCUT2D eigenvalue weighted by molar-refractivity contribution is 0.771. The molecule has 1 aromatic carbocycles. The highest BCUT2D eigenvalue weighted by molar-refractivity contribution is 6.46. The van der Waals surface area contributed by atoms with Gasteiger partial charge in [-0.15, -0.1) is 0 Å². The fraction of sp³-hybridized carbons (Fsp3) is 0.429. The van der Waals surface area contributed by atoms with Gasteiger partial charge >= 0.3 is 0 Å². The third-order valence-corrected chi connectivity index (χ3v) is 3.39. The maximum absolute atomic E-state index is 4.76. The Bertz CT molecular complexity index is 471. The molecular formula is C14H16N2. The van der Waals surface area contributed by atoms with Crippen molar-refractivity contribution >= 4 is 17.1 Å². The Balaban J connectivity index is 2.02. The second kappa shape index (κ2) is 3.85. The van der Waals surface area contributed by atoms with Crippen molar-refractivity contribution in [1.82, 2.24) is 0 Å². The summed E-state index contributed by atoms with van der Waals surface area (Å²) in [5, 5.41) is 0. The van der Waals surface area contributed by atoms with E-state index in [4.69, 9.17) is 4.99 Å². The van der Waals surface area contributed by atoms with Gasteiger partial charge in [-0.05, 0) is 24.5 Å². The van der Waals surface area contributed by atoms with Crippen LogP contribution in [0.15, 0.2) is 34.3 Å². The molecule has 3 rings (SSSR count). The molecular weight excluding hydrogens is 196 g/mol. The quantitative estimate of drug-likeness (QED) is 0.716. The Labute approximate surface area is 96.1 Å². The van der Waals surface area contributed by atoms with Gasteiger partial charge in [0.15, 0.2) is 0 Å². The molecule has 0 bridgehead atoms. The third-order valence-electron chi connectivity index (χ3n) is 3.39. The molecule has 2 heterocycles. The van der Waals surface area contributed by atoms with Crippen LogP contribution in [0.4, 0.5) is 5.69 Å². The predicted molar refractivity (Wildman–Crippen MR) is 68.1 cm³/mol. The number of fused-ring (bicyclic) bond motifs is 3. The average Bonchev–Trinajstić information content (AvgIpc) is 2.69. The molecule has 2 nitrogen and oxygen atoms in total. The SMILES string of the molecule is CCCC1=NCCC2C1=Nc1ccccc12. The smallest absolute Gasteiger partial charge is 0.0697 e. The van der Waals surface area contributed by atoms with Crippen LogP contribution in [-0.4, -0.2) is 18.0 Å². The number of hydrogen-bond donors (Lipinski definition) is 0. The van der Waals surface area contributed by atoms with Gasteiger partial charge < -0.3 is 0 Å². The van der Waals surface area contributed by atoms with Gasteiger partial charge in [0.25, 0.3) is 0 Å². The lowest BCUT2D eigenvalue weighted by atomic mass is 9.87. The van der Waals surface area contributed by atoms with E-state index in [0.29, 0.717) is 5.92 Å². The number of nitrogens with zero attached hydrogens (tertiary/aromatic N) is 2. The van der Waals surface area contributed by atoms with Crippen LogP contribution < -0.4 is 0 Å². The maximum atomic E-state index is 4.76. The van der Waals surface area contributed by atoms with Gasteiger partial charge in [0.05, 0.1) is 17.1 Å². The Kier molecular flexibility index (Phi) is 2.35. The van der Waals surface area contributed by atoms with Crippen molar-refractivity contribution in [3.05, 3.63) is 29.8 Å². The molecule has 2 aliphatic rings. The zero-order chi connectivity index (χ0) is 11.0. The molecule has 16 heavy (non-hydrogen) atoms. The van der Waals surface area contributed by atoms with E-state index in [1.807, 2.05) is 0 Å². The molecule has 0 spiro atoms. The maximum Gasteiger partial charge on any atom is 0.0697 e. The molecule has 0 saturated heterocycles. The van der Waals surface area contributed by atoms with Crippen molar-refractivity contribution in [1.29, 1.82) is 0 Å². The van der Waals surface area contributed by atoms with Crippen LogP contribution in [0.3, 0.4) is 0 Å². The molecule has 0 N–H and O–H groups in total. The highest BCUT2D eigenvalue weighted by Crippen LogP contribution is 2.39. The Hall–Kier alpha value is -1.44. The highest BCUT2D eigenvalue weighted by atomic mass is 14.9. The van der Waals surface area contributed by atoms with Gasteiger partial charge in [-0.2, -0.15) is 0 Å². The van der Waals surface area contributed by atoms with E-state index >= 15 is 0 Å². The zero-order valence-corrected chi connectivity index (χ0v) is 9.61. The largest absolute Gasteiger partial charge is 0.288 e. The molecule has 0 radical (unpaired) electrons. The summed E-state index contributed by atoms with van der Waals surface area (Å²) in [6.07, 6.45) is 3.35. The van der Waals surface area contributed by atoms with Crippen LogP contribution in [0.25, 0.3) is 0 Å². The van der Waals surface area contributed by atoms with E-state index in [-0.39, 0.29) is 0 Å².